The minimum absolute atomic E-state index is 0.837. The topological polar surface area (TPSA) is 20.2 Å². The SMILES string of the molecule is [OH][Sn]([CH]1CCCCC1)([CH]1CCCCC1)[CH]1CCCCC1. The van der Waals surface area contributed by atoms with Gasteiger partial charge in [0.05, 0.1) is 0 Å². The van der Waals surface area contributed by atoms with Gasteiger partial charge in [-0.3, -0.25) is 0 Å². The normalized spacial score (nSPS) is 28.6. The second-order valence-corrected chi connectivity index (χ2v) is 19.9. The first-order chi connectivity index (χ1) is 9.82. The quantitative estimate of drug-likeness (QED) is 0.598. The molecule has 2 heteroatoms. The Balaban J connectivity index is 1.79. The van der Waals surface area contributed by atoms with Gasteiger partial charge in [-0.05, 0) is 0 Å². The molecule has 0 aromatic rings. The first-order valence-electron chi connectivity index (χ1n) is 9.54. The van der Waals surface area contributed by atoms with Crippen LogP contribution in [0.25, 0.3) is 0 Å². The van der Waals surface area contributed by atoms with Gasteiger partial charge >= 0.3 is 130 Å². The molecule has 3 aliphatic carbocycles. The third kappa shape index (κ3) is 3.24. The third-order valence-electron chi connectivity index (χ3n) is 6.78. The standard InChI is InChI=1S/3C6H11.H2O.Sn/c3*1-2-4-6-5-3-1;;/h3*1H,2-6H2;1H2;/q;;;;+1/p-1. The molecule has 3 fully saturated rings. The van der Waals surface area contributed by atoms with Gasteiger partial charge in [-0.25, -0.2) is 0 Å². The molecular weight excluding hydrogens is 351 g/mol. The van der Waals surface area contributed by atoms with E-state index in [1.54, 1.807) is 0 Å². The van der Waals surface area contributed by atoms with E-state index in [-0.39, 0.29) is 0 Å². The second kappa shape index (κ2) is 7.35. The van der Waals surface area contributed by atoms with Gasteiger partial charge < -0.3 is 0 Å². The summed E-state index contributed by atoms with van der Waals surface area (Å²) in [6.45, 7) is 0. The Bertz CT molecular complexity index is 240. The van der Waals surface area contributed by atoms with Crippen LogP contribution in [0.15, 0.2) is 0 Å². The molecule has 0 radical (unpaired) electrons. The molecule has 1 N–H and O–H groups in total. The Morgan fingerprint density at radius 3 is 0.950 bits per heavy atom. The van der Waals surface area contributed by atoms with Gasteiger partial charge in [0.2, 0.25) is 0 Å². The van der Waals surface area contributed by atoms with Crippen molar-refractivity contribution in [2.24, 2.45) is 0 Å². The third-order valence-corrected chi connectivity index (χ3v) is 22.9. The van der Waals surface area contributed by atoms with Gasteiger partial charge in [0.25, 0.3) is 0 Å². The van der Waals surface area contributed by atoms with E-state index in [0.29, 0.717) is 0 Å². The molecular formula is C18H34OSn. The zero-order valence-corrected chi connectivity index (χ0v) is 16.1. The van der Waals surface area contributed by atoms with E-state index >= 15 is 0 Å². The molecule has 0 unspecified atom stereocenters. The van der Waals surface area contributed by atoms with Crippen molar-refractivity contribution in [2.45, 2.75) is 108 Å². The zero-order chi connectivity index (χ0) is 13.8. The van der Waals surface area contributed by atoms with E-state index in [9.17, 15) is 3.44 Å². The van der Waals surface area contributed by atoms with Crippen molar-refractivity contribution in [3.8, 4) is 0 Å². The summed E-state index contributed by atoms with van der Waals surface area (Å²) in [7, 11) is 0. The van der Waals surface area contributed by atoms with Crippen molar-refractivity contribution in [3.63, 3.8) is 0 Å². The van der Waals surface area contributed by atoms with Crippen LogP contribution in [0.5, 0.6) is 0 Å². The summed E-state index contributed by atoms with van der Waals surface area (Å²) in [6, 6.07) is 0. The molecule has 0 saturated heterocycles. The van der Waals surface area contributed by atoms with Crippen LogP contribution in [0.1, 0.15) is 96.3 Å². The Labute approximate surface area is 130 Å². The predicted molar refractivity (Wildman–Crippen MR) is 88.5 cm³/mol. The van der Waals surface area contributed by atoms with E-state index in [1.165, 1.54) is 96.3 Å². The van der Waals surface area contributed by atoms with Crippen molar-refractivity contribution in [1.29, 1.82) is 0 Å². The monoisotopic (exact) mass is 386 g/mol. The van der Waals surface area contributed by atoms with Crippen molar-refractivity contribution in [2.75, 3.05) is 0 Å². The van der Waals surface area contributed by atoms with Gasteiger partial charge in [0.1, 0.15) is 0 Å². The summed E-state index contributed by atoms with van der Waals surface area (Å²) in [5, 5.41) is 0. The molecule has 3 aliphatic rings. The summed E-state index contributed by atoms with van der Waals surface area (Å²) >= 11 is -2.95. The van der Waals surface area contributed by atoms with Gasteiger partial charge in [0.15, 0.2) is 0 Å². The summed E-state index contributed by atoms with van der Waals surface area (Å²) < 4.78 is 14.6. The minimum atomic E-state index is -2.95. The zero-order valence-electron chi connectivity index (χ0n) is 13.3. The van der Waals surface area contributed by atoms with Crippen molar-refractivity contribution in [3.05, 3.63) is 0 Å². The van der Waals surface area contributed by atoms with E-state index in [4.69, 9.17) is 0 Å². The van der Waals surface area contributed by atoms with Crippen LogP contribution in [0, 0.1) is 0 Å². The molecule has 0 spiro atoms. The molecule has 3 rings (SSSR count). The first-order valence-corrected chi connectivity index (χ1v) is 15.8. The van der Waals surface area contributed by atoms with Crippen LogP contribution in [-0.4, -0.2) is 22.2 Å². The predicted octanol–water partition coefficient (Wildman–Crippen LogP) is 5.93. The molecule has 0 aromatic heterocycles. The van der Waals surface area contributed by atoms with Crippen LogP contribution < -0.4 is 0 Å². The maximum atomic E-state index is 12.1. The maximum absolute atomic E-state index is 12.1. The van der Waals surface area contributed by atoms with Gasteiger partial charge in [-0.2, -0.15) is 0 Å². The van der Waals surface area contributed by atoms with Gasteiger partial charge in [0, 0.05) is 0 Å². The van der Waals surface area contributed by atoms with Crippen molar-refractivity contribution < 1.29 is 3.44 Å². The second-order valence-electron chi connectivity index (χ2n) is 7.89. The van der Waals surface area contributed by atoms with Gasteiger partial charge in [-0.1, -0.05) is 0 Å². The Morgan fingerprint density at radius 2 is 0.700 bits per heavy atom. The molecule has 0 aromatic carbocycles. The fourth-order valence-corrected chi connectivity index (χ4v) is 22.8. The fourth-order valence-electron chi connectivity index (χ4n) is 5.70. The average molecular weight is 385 g/mol. The molecule has 1 nitrogen and oxygen atoms in total. The average Bonchev–Trinajstić information content (AvgIpc) is 2.56. The summed E-state index contributed by atoms with van der Waals surface area (Å²) in [6.07, 6.45) is 21.2. The molecule has 0 aliphatic heterocycles. The molecule has 116 valence electrons. The van der Waals surface area contributed by atoms with E-state index in [2.05, 4.69) is 0 Å². The molecule has 0 heterocycles. The van der Waals surface area contributed by atoms with E-state index in [1.807, 2.05) is 0 Å². The summed E-state index contributed by atoms with van der Waals surface area (Å²) in [5.74, 6) is 0. The molecule has 0 atom stereocenters. The molecule has 0 amide bonds. The first kappa shape index (κ1) is 15.6. The molecule has 0 bridgehead atoms. The van der Waals surface area contributed by atoms with Gasteiger partial charge in [-0.15, -0.1) is 0 Å². The number of hydrogen-bond acceptors (Lipinski definition) is 1. The number of hydrogen-bond donors (Lipinski definition) is 1. The summed E-state index contributed by atoms with van der Waals surface area (Å²) in [4.78, 5) is 0. The van der Waals surface area contributed by atoms with Crippen molar-refractivity contribution in [1.82, 2.24) is 0 Å². The molecule has 20 heavy (non-hydrogen) atoms. The van der Waals surface area contributed by atoms with E-state index < -0.39 is 18.8 Å². The van der Waals surface area contributed by atoms with Crippen LogP contribution >= 0.6 is 0 Å². The Kier molecular flexibility index (Phi) is 5.75. The van der Waals surface area contributed by atoms with E-state index in [0.717, 1.165) is 11.8 Å². The van der Waals surface area contributed by atoms with Crippen LogP contribution in [-0.2, 0) is 0 Å². The Hall–Kier alpha value is 0.759. The van der Waals surface area contributed by atoms with Crippen LogP contribution in [0.3, 0.4) is 0 Å². The fraction of sp³-hybridized carbons (Fsp3) is 1.00. The van der Waals surface area contributed by atoms with Crippen LogP contribution in [0.2, 0.25) is 11.8 Å². The Morgan fingerprint density at radius 1 is 0.450 bits per heavy atom. The van der Waals surface area contributed by atoms with Crippen molar-refractivity contribution >= 4 is 18.8 Å². The number of rotatable bonds is 3. The van der Waals surface area contributed by atoms with Crippen LogP contribution in [0.4, 0.5) is 0 Å². The molecule has 3 saturated carbocycles. The summed E-state index contributed by atoms with van der Waals surface area (Å²) in [5.41, 5.74) is 0.